The van der Waals surface area contributed by atoms with E-state index in [0.29, 0.717) is 5.76 Å². The first-order chi connectivity index (χ1) is 10.6. The van der Waals surface area contributed by atoms with E-state index in [0.717, 1.165) is 5.56 Å². The van der Waals surface area contributed by atoms with Crippen molar-refractivity contribution in [3.8, 4) is 0 Å². The van der Waals surface area contributed by atoms with Gasteiger partial charge in [0, 0.05) is 12.6 Å². The lowest BCUT2D eigenvalue weighted by atomic mass is 10.2. The average Bonchev–Trinajstić information content (AvgIpc) is 3.03. The van der Waals surface area contributed by atoms with Crippen molar-refractivity contribution in [3.63, 3.8) is 0 Å². The van der Waals surface area contributed by atoms with Crippen LogP contribution in [-0.4, -0.2) is 28.4 Å². The Balaban J connectivity index is 2.04. The number of carboxylic acid groups (broad SMARTS) is 1. The van der Waals surface area contributed by atoms with Crippen LogP contribution in [0.3, 0.4) is 0 Å². The molecule has 5 heteroatoms. The molecule has 1 amide bonds. The van der Waals surface area contributed by atoms with Gasteiger partial charge in [-0.05, 0) is 23.8 Å². The van der Waals surface area contributed by atoms with Gasteiger partial charge in [0.1, 0.15) is 5.76 Å². The molecule has 2 aromatic rings. The normalized spacial score (nSPS) is 10.7. The molecule has 114 valence electrons. The number of amides is 1. The Kier molecular flexibility index (Phi) is 5.54. The number of rotatable bonds is 7. The maximum Gasteiger partial charge on any atom is 0.305 e. The van der Waals surface area contributed by atoms with Gasteiger partial charge in [-0.15, -0.1) is 0 Å². The van der Waals surface area contributed by atoms with Crippen molar-refractivity contribution < 1.29 is 19.1 Å². The maximum atomic E-state index is 12.3. The lowest BCUT2D eigenvalue weighted by Crippen LogP contribution is -2.31. The molecule has 0 saturated carbocycles. The number of benzene rings is 1. The molecule has 1 aromatic heterocycles. The molecule has 2 rings (SSSR count). The number of furan rings is 1. The summed E-state index contributed by atoms with van der Waals surface area (Å²) in [6.45, 7) is 0.381. The zero-order valence-electron chi connectivity index (χ0n) is 12.0. The quantitative estimate of drug-likeness (QED) is 0.798. The largest absolute Gasteiger partial charge is 0.481 e. The lowest BCUT2D eigenvalue weighted by Gasteiger charge is -2.19. The number of hydrogen-bond acceptors (Lipinski definition) is 3. The molecule has 22 heavy (non-hydrogen) atoms. The maximum absolute atomic E-state index is 12.3. The van der Waals surface area contributed by atoms with E-state index in [2.05, 4.69) is 0 Å². The van der Waals surface area contributed by atoms with Crippen LogP contribution in [0.15, 0.2) is 59.2 Å². The Morgan fingerprint density at radius 2 is 1.91 bits per heavy atom. The van der Waals surface area contributed by atoms with Crippen LogP contribution in [0.1, 0.15) is 17.7 Å². The fourth-order valence-electron chi connectivity index (χ4n) is 1.93. The molecule has 0 radical (unpaired) electrons. The Hall–Kier alpha value is -2.82. The topological polar surface area (TPSA) is 70.8 Å². The second-order valence-corrected chi connectivity index (χ2v) is 4.73. The molecule has 0 aliphatic carbocycles. The molecule has 5 nitrogen and oxygen atoms in total. The first-order valence-electron chi connectivity index (χ1n) is 6.91. The fourth-order valence-corrected chi connectivity index (χ4v) is 1.93. The molecule has 0 unspecified atom stereocenters. The molecule has 0 atom stereocenters. The van der Waals surface area contributed by atoms with E-state index in [1.54, 1.807) is 18.2 Å². The molecule has 0 aliphatic rings. The zero-order valence-corrected chi connectivity index (χ0v) is 12.0. The van der Waals surface area contributed by atoms with Crippen LogP contribution in [0.5, 0.6) is 0 Å². The summed E-state index contributed by atoms with van der Waals surface area (Å²) in [5.41, 5.74) is 0.909. The van der Waals surface area contributed by atoms with Gasteiger partial charge in [0.25, 0.3) is 0 Å². The van der Waals surface area contributed by atoms with Gasteiger partial charge in [0.15, 0.2) is 0 Å². The predicted octanol–water partition coefficient (Wildman–Crippen LogP) is 2.80. The number of hydrogen-bond donors (Lipinski definition) is 1. The summed E-state index contributed by atoms with van der Waals surface area (Å²) in [5.74, 6) is -0.572. The molecule has 0 aliphatic heterocycles. The Bertz CT molecular complexity index is 632. The molecule has 1 aromatic carbocycles. The highest BCUT2D eigenvalue weighted by atomic mass is 16.4. The third kappa shape index (κ3) is 4.94. The summed E-state index contributed by atoms with van der Waals surface area (Å²) < 4.78 is 5.22. The minimum absolute atomic E-state index is 0.106. The second-order valence-electron chi connectivity index (χ2n) is 4.73. The van der Waals surface area contributed by atoms with Crippen LogP contribution in [0, 0.1) is 0 Å². The zero-order chi connectivity index (χ0) is 15.8. The molecular weight excluding hydrogens is 282 g/mol. The van der Waals surface area contributed by atoms with Gasteiger partial charge in [-0.2, -0.15) is 0 Å². The van der Waals surface area contributed by atoms with E-state index in [1.807, 2.05) is 30.3 Å². The third-order valence-electron chi connectivity index (χ3n) is 3.05. The number of aliphatic carboxylic acids is 1. The summed E-state index contributed by atoms with van der Waals surface area (Å²) >= 11 is 0. The van der Waals surface area contributed by atoms with E-state index in [4.69, 9.17) is 9.52 Å². The summed E-state index contributed by atoms with van der Waals surface area (Å²) in [5, 5.41) is 8.80. The average molecular weight is 299 g/mol. The standard InChI is InChI=1S/C17H17NO4/c19-16(9-8-14-5-2-1-3-6-14)18(11-10-17(20)21)13-15-7-4-12-22-15/h1-9,12H,10-11,13H2,(H,20,21)/b9-8+. The van der Waals surface area contributed by atoms with Crippen molar-refractivity contribution in [2.24, 2.45) is 0 Å². The first kappa shape index (κ1) is 15.6. The Morgan fingerprint density at radius 3 is 2.55 bits per heavy atom. The van der Waals surface area contributed by atoms with Crippen LogP contribution in [0.4, 0.5) is 0 Å². The van der Waals surface area contributed by atoms with Crippen LogP contribution in [0.2, 0.25) is 0 Å². The number of nitrogens with zero attached hydrogens (tertiary/aromatic N) is 1. The highest BCUT2D eigenvalue weighted by Gasteiger charge is 2.14. The summed E-state index contributed by atoms with van der Waals surface area (Å²) in [7, 11) is 0. The van der Waals surface area contributed by atoms with Gasteiger partial charge in [0.05, 0.1) is 19.2 Å². The SMILES string of the molecule is O=C(O)CCN(Cc1ccco1)C(=O)/C=C/c1ccccc1. The first-order valence-corrected chi connectivity index (χ1v) is 6.91. The summed E-state index contributed by atoms with van der Waals surface area (Å²) in [6, 6.07) is 12.9. The highest BCUT2D eigenvalue weighted by molar-refractivity contribution is 5.91. The van der Waals surface area contributed by atoms with Gasteiger partial charge >= 0.3 is 5.97 Å². The van der Waals surface area contributed by atoms with Crippen molar-refractivity contribution >= 4 is 18.0 Å². The van der Waals surface area contributed by atoms with E-state index in [-0.39, 0.29) is 25.4 Å². The third-order valence-corrected chi connectivity index (χ3v) is 3.05. The Morgan fingerprint density at radius 1 is 1.14 bits per heavy atom. The minimum Gasteiger partial charge on any atom is -0.481 e. The monoisotopic (exact) mass is 299 g/mol. The molecule has 1 N–H and O–H groups in total. The molecule has 0 fully saturated rings. The lowest BCUT2D eigenvalue weighted by molar-refractivity contribution is -0.138. The minimum atomic E-state index is -0.940. The Labute approximate surface area is 128 Å². The van der Waals surface area contributed by atoms with Crippen molar-refractivity contribution in [1.82, 2.24) is 4.90 Å². The van der Waals surface area contributed by atoms with Crippen LogP contribution < -0.4 is 0 Å². The van der Waals surface area contributed by atoms with Crippen molar-refractivity contribution in [2.45, 2.75) is 13.0 Å². The smallest absolute Gasteiger partial charge is 0.305 e. The van der Waals surface area contributed by atoms with Crippen molar-refractivity contribution in [1.29, 1.82) is 0 Å². The second kappa shape index (κ2) is 7.83. The van der Waals surface area contributed by atoms with Crippen LogP contribution >= 0.6 is 0 Å². The van der Waals surface area contributed by atoms with Gasteiger partial charge < -0.3 is 14.4 Å². The number of carbonyl (C=O) groups is 2. The summed E-state index contributed by atoms with van der Waals surface area (Å²) in [6.07, 6.45) is 4.57. The van der Waals surface area contributed by atoms with Crippen molar-refractivity contribution in [3.05, 3.63) is 66.1 Å². The van der Waals surface area contributed by atoms with Gasteiger partial charge in [-0.25, -0.2) is 0 Å². The molecule has 0 bridgehead atoms. The molecule has 0 saturated heterocycles. The van der Waals surface area contributed by atoms with Crippen LogP contribution in [0.25, 0.3) is 6.08 Å². The van der Waals surface area contributed by atoms with E-state index >= 15 is 0 Å². The van der Waals surface area contributed by atoms with Gasteiger partial charge in [-0.3, -0.25) is 9.59 Å². The fraction of sp³-hybridized carbons (Fsp3) is 0.176. The van der Waals surface area contributed by atoms with E-state index in [9.17, 15) is 9.59 Å². The van der Waals surface area contributed by atoms with E-state index in [1.165, 1.54) is 17.2 Å². The van der Waals surface area contributed by atoms with Crippen molar-refractivity contribution in [2.75, 3.05) is 6.54 Å². The molecular formula is C17H17NO4. The summed E-state index contributed by atoms with van der Waals surface area (Å²) in [4.78, 5) is 24.4. The highest BCUT2D eigenvalue weighted by Crippen LogP contribution is 2.08. The molecule has 0 spiro atoms. The number of carbonyl (C=O) groups excluding carboxylic acids is 1. The van der Waals surface area contributed by atoms with Crippen LogP contribution in [-0.2, 0) is 16.1 Å². The predicted molar refractivity (Wildman–Crippen MR) is 81.9 cm³/mol. The molecule has 1 heterocycles. The van der Waals surface area contributed by atoms with Gasteiger partial charge in [-0.1, -0.05) is 30.3 Å². The van der Waals surface area contributed by atoms with Gasteiger partial charge in [0.2, 0.25) is 5.91 Å². The van der Waals surface area contributed by atoms with E-state index < -0.39 is 5.97 Å². The number of carboxylic acids is 1.